The molecule has 0 bridgehead atoms. The van der Waals surface area contributed by atoms with Crippen molar-refractivity contribution in [2.45, 2.75) is 19.3 Å². The normalized spacial score (nSPS) is 11.7. The minimum atomic E-state index is -0.825. The highest BCUT2D eigenvalue weighted by Gasteiger charge is 2.20. The zero-order chi connectivity index (χ0) is 13.9. The van der Waals surface area contributed by atoms with E-state index in [-0.39, 0.29) is 12.0 Å². The third-order valence-electron chi connectivity index (χ3n) is 3.37. The fraction of sp³-hybridized carbons (Fsp3) is 0.312. The summed E-state index contributed by atoms with van der Waals surface area (Å²) in [6.45, 7) is 4.87. The molecule has 19 heavy (non-hydrogen) atoms. The fourth-order valence-electron chi connectivity index (χ4n) is 2.19. The Labute approximate surface area is 113 Å². The van der Waals surface area contributed by atoms with Crippen LogP contribution >= 0.6 is 0 Å². The number of hydrogen-bond acceptors (Lipinski definition) is 2. The predicted octanol–water partition coefficient (Wildman–Crippen LogP) is 2.79. The second kappa shape index (κ2) is 5.41. The van der Waals surface area contributed by atoms with Crippen LogP contribution < -0.4 is 5.32 Å². The van der Waals surface area contributed by atoms with Crippen molar-refractivity contribution in [1.29, 1.82) is 0 Å². The van der Waals surface area contributed by atoms with Gasteiger partial charge in [0.15, 0.2) is 0 Å². The number of hydrogen-bond donors (Lipinski definition) is 2. The summed E-state index contributed by atoms with van der Waals surface area (Å²) in [6, 6.07) is 14.7. The second-order valence-corrected chi connectivity index (χ2v) is 5.44. The summed E-state index contributed by atoms with van der Waals surface area (Å²) in [5, 5.41) is 14.1. The van der Waals surface area contributed by atoms with Crippen molar-refractivity contribution in [3.63, 3.8) is 0 Å². The maximum absolute atomic E-state index is 10.5. The SMILES string of the molecule is CC(C)(CNCC(=O)O)c1ccc2ccccc2c1. The summed E-state index contributed by atoms with van der Waals surface area (Å²) in [5.74, 6) is -0.825. The Balaban J connectivity index is 2.19. The summed E-state index contributed by atoms with van der Waals surface area (Å²) in [7, 11) is 0. The third kappa shape index (κ3) is 3.32. The topological polar surface area (TPSA) is 49.3 Å². The molecule has 2 aromatic rings. The van der Waals surface area contributed by atoms with Crippen LogP contribution in [0.15, 0.2) is 42.5 Å². The van der Waals surface area contributed by atoms with E-state index in [1.54, 1.807) is 0 Å². The Hall–Kier alpha value is -1.87. The Morgan fingerprint density at radius 1 is 1.16 bits per heavy atom. The number of benzene rings is 2. The maximum atomic E-state index is 10.5. The van der Waals surface area contributed by atoms with Crippen molar-refractivity contribution < 1.29 is 9.90 Å². The molecular weight excluding hydrogens is 238 g/mol. The first kappa shape index (κ1) is 13.6. The highest BCUT2D eigenvalue weighted by Crippen LogP contribution is 2.26. The van der Waals surface area contributed by atoms with Crippen molar-refractivity contribution in [2.24, 2.45) is 0 Å². The van der Waals surface area contributed by atoms with Gasteiger partial charge in [-0.15, -0.1) is 0 Å². The molecule has 0 aliphatic carbocycles. The Morgan fingerprint density at radius 2 is 1.84 bits per heavy atom. The Morgan fingerprint density at radius 3 is 2.53 bits per heavy atom. The molecule has 0 saturated heterocycles. The van der Waals surface area contributed by atoms with E-state index in [2.05, 4.69) is 49.5 Å². The molecule has 0 aliphatic heterocycles. The van der Waals surface area contributed by atoms with Crippen molar-refractivity contribution >= 4 is 16.7 Å². The molecule has 0 atom stereocenters. The van der Waals surface area contributed by atoms with Gasteiger partial charge in [0.1, 0.15) is 0 Å². The first-order valence-electron chi connectivity index (χ1n) is 6.41. The summed E-state index contributed by atoms with van der Waals surface area (Å²) in [5.41, 5.74) is 1.11. The second-order valence-electron chi connectivity index (χ2n) is 5.44. The molecule has 2 rings (SSSR count). The minimum absolute atomic E-state index is 0.00297. The van der Waals surface area contributed by atoms with Crippen molar-refractivity contribution in [1.82, 2.24) is 5.32 Å². The van der Waals surface area contributed by atoms with Gasteiger partial charge in [0, 0.05) is 12.0 Å². The Kier molecular flexibility index (Phi) is 3.86. The number of rotatable bonds is 5. The first-order valence-corrected chi connectivity index (χ1v) is 6.41. The molecule has 0 fully saturated rings. The van der Waals surface area contributed by atoms with Crippen LogP contribution in [0.25, 0.3) is 10.8 Å². The van der Waals surface area contributed by atoms with Crippen molar-refractivity contribution in [2.75, 3.05) is 13.1 Å². The highest BCUT2D eigenvalue weighted by atomic mass is 16.4. The molecule has 0 unspecified atom stereocenters. The van der Waals surface area contributed by atoms with E-state index >= 15 is 0 Å². The quantitative estimate of drug-likeness (QED) is 0.866. The van der Waals surface area contributed by atoms with Crippen LogP contribution in [-0.2, 0) is 10.2 Å². The highest BCUT2D eigenvalue weighted by molar-refractivity contribution is 5.83. The van der Waals surface area contributed by atoms with Crippen LogP contribution in [0.1, 0.15) is 19.4 Å². The van der Waals surface area contributed by atoms with Crippen LogP contribution in [0.2, 0.25) is 0 Å². The number of carboxylic acids is 1. The molecule has 0 radical (unpaired) electrons. The lowest BCUT2D eigenvalue weighted by Gasteiger charge is -2.26. The summed E-state index contributed by atoms with van der Waals surface area (Å²) in [6.07, 6.45) is 0. The molecule has 0 amide bonds. The molecule has 2 aromatic carbocycles. The molecule has 0 heterocycles. The Bertz CT molecular complexity index is 590. The van der Waals surface area contributed by atoms with Crippen molar-refractivity contribution in [3.8, 4) is 0 Å². The molecule has 0 spiro atoms. The largest absolute Gasteiger partial charge is 0.480 e. The number of aliphatic carboxylic acids is 1. The standard InChI is InChI=1S/C16H19NO2/c1-16(2,11-17-10-15(18)19)14-8-7-12-5-3-4-6-13(12)9-14/h3-9,17H,10-11H2,1-2H3,(H,18,19). The summed E-state index contributed by atoms with van der Waals surface area (Å²) < 4.78 is 0. The fourth-order valence-corrected chi connectivity index (χ4v) is 2.19. The smallest absolute Gasteiger partial charge is 0.317 e. The van der Waals surface area contributed by atoms with Gasteiger partial charge in [-0.05, 0) is 16.3 Å². The van der Waals surface area contributed by atoms with Crippen LogP contribution in [0.3, 0.4) is 0 Å². The van der Waals surface area contributed by atoms with E-state index in [4.69, 9.17) is 5.11 Å². The van der Waals surface area contributed by atoms with Gasteiger partial charge in [-0.25, -0.2) is 0 Å². The van der Waals surface area contributed by atoms with Gasteiger partial charge in [-0.3, -0.25) is 4.79 Å². The van der Waals surface area contributed by atoms with Gasteiger partial charge in [0.2, 0.25) is 0 Å². The average Bonchev–Trinajstić information content (AvgIpc) is 2.37. The predicted molar refractivity (Wildman–Crippen MR) is 77.5 cm³/mol. The van der Waals surface area contributed by atoms with E-state index in [1.165, 1.54) is 16.3 Å². The van der Waals surface area contributed by atoms with E-state index in [1.807, 2.05) is 12.1 Å². The lowest BCUT2D eigenvalue weighted by Crippen LogP contribution is -2.35. The van der Waals surface area contributed by atoms with Gasteiger partial charge < -0.3 is 10.4 Å². The third-order valence-corrected chi connectivity index (χ3v) is 3.37. The number of fused-ring (bicyclic) bond motifs is 1. The first-order chi connectivity index (χ1) is 8.99. The molecule has 0 aromatic heterocycles. The van der Waals surface area contributed by atoms with Crippen molar-refractivity contribution in [3.05, 3.63) is 48.0 Å². The maximum Gasteiger partial charge on any atom is 0.317 e. The molecular formula is C16H19NO2. The minimum Gasteiger partial charge on any atom is -0.480 e. The molecule has 0 saturated carbocycles. The van der Waals surface area contributed by atoms with Crippen LogP contribution in [0, 0.1) is 0 Å². The number of carboxylic acid groups (broad SMARTS) is 1. The van der Waals surface area contributed by atoms with Gasteiger partial charge in [0.25, 0.3) is 0 Å². The summed E-state index contributed by atoms with van der Waals surface area (Å²) >= 11 is 0. The zero-order valence-corrected chi connectivity index (χ0v) is 11.3. The molecule has 3 heteroatoms. The molecule has 3 nitrogen and oxygen atoms in total. The summed E-state index contributed by atoms with van der Waals surface area (Å²) in [4.78, 5) is 10.5. The van der Waals surface area contributed by atoms with E-state index in [0.717, 1.165) is 0 Å². The van der Waals surface area contributed by atoms with Gasteiger partial charge in [-0.1, -0.05) is 56.3 Å². The zero-order valence-electron chi connectivity index (χ0n) is 11.3. The number of carbonyl (C=O) groups is 1. The van der Waals surface area contributed by atoms with Gasteiger partial charge >= 0.3 is 5.97 Å². The number of nitrogens with one attached hydrogen (secondary N) is 1. The molecule has 2 N–H and O–H groups in total. The monoisotopic (exact) mass is 257 g/mol. The molecule has 0 aliphatic rings. The average molecular weight is 257 g/mol. The van der Waals surface area contributed by atoms with Crippen LogP contribution in [0.4, 0.5) is 0 Å². The van der Waals surface area contributed by atoms with Crippen LogP contribution in [0.5, 0.6) is 0 Å². The lowest BCUT2D eigenvalue weighted by molar-refractivity contribution is -0.136. The van der Waals surface area contributed by atoms with E-state index < -0.39 is 5.97 Å². The lowest BCUT2D eigenvalue weighted by atomic mass is 9.83. The van der Waals surface area contributed by atoms with Gasteiger partial charge in [-0.2, -0.15) is 0 Å². The van der Waals surface area contributed by atoms with Crippen LogP contribution in [-0.4, -0.2) is 24.2 Å². The van der Waals surface area contributed by atoms with E-state index in [0.29, 0.717) is 6.54 Å². The van der Waals surface area contributed by atoms with Gasteiger partial charge in [0.05, 0.1) is 6.54 Å². The molecule has 100 valence electrons. The van der Waals surface area contributed by atoms with E-state index in [9.17, 15) is 4.79 Å².